The van der Waals surface area contributed by atoms with Crippen LogP contribution in [0.15, 0.2) is 18.5 Å². The maximum absolute atomic E-state index is 9.29. The smallest absolute Gasteiger partial charge is 0.145 e. The molecule has 1 unspecified atom stereocenters. The molecule has 1 rings (SSSR count). The number of hydrogen-bond donors (Lipinski definition) is 1. The van der Waals surface area contributed by atoms with Gasteiger partial charge in [-0.3, -0.25) is 4.98 Å². The normalized spacial score (nSPS) is 11.8. The lowest BCUT2D eigenvalue weighted by molar-refractivity contribution is 0.232. The van der Waals surface area contributed by atoms with Gasteiger partial charge in [0.1, 0.15) is 11.9 Å². The lowest BCUT2D eigenvalue weighted by Gasteiger charge is -2.08. The average molecular weight is 163 g/mol. The monoisotopic (exact) mass is 163 g/mol. The van der Waals surface area contributed by atoms with Crippen LogP contribution in [0.1, 0.15) is 11.7 Å². The molecule has 1 atom stereocenters. The van der Waals surface area contributed by atoms with Gasteiger partial charge in [0.15, 0.2) is 0 Å². The van der Waals surface area contributed by atoms with Gasteiger partial charge in [-0.25, -0.2) is 0 Å². The minimum absolute atomic E-state index is 0.516. The fraction of sp³-hybridized carbons (Fsp3) is 0.222. The van der Waals surface area contributed by atoms with Crippen LogP contribution in [0.3, 0.4) is 0 Å². The van der Waals surface area contributed by atoms with Gasteiger partial charge in [-0.05, 0) is 6.07 Å². The van der Waals surface area contributed by atoms with Crippen molar-refractivity contribution in [3.63, 3.8) is 0 Å². The molecule has 0 bridgehead atoms. The van der Waals surface area contributed by atoms with Gasteiger partial charge in [-0.15, -0.1) is 6.42 Å². The van der Waals surface area contributed by atoms with E-state index in [4.69, 9.17) is 11.2 Å². The molecule has 1 aromatic heterocycles. The molecule has 1 N–H and O–H groups in total. The number of pyridine rings is 1. The molecule has 0 saturated carbocycles. The Labute approximate surface area is 71.0 Å². The number of aliphatic hydroxyl groups excluding tert-OH is 1. The first-order valence-electron chi connectivity index (χ1n) is 3.41. The second-order valence-electron chi connectivity index (χ2n) is 2.19. The van der Waals surface area contributed by atoms with Crippen LogP contribution in [0.4, 0.5) is 0 Å². The van der Waals surface area contributed by atoms with E-state index in [0.717, 1.165) is 0 Å². The number of ether oxygens (including phenoxy) is 1. The van der Waals surface area contributed by atoms with E-state index in [0.29, 0.717) is 11.3 Å². The summed E-state index contributed by atoms with van der Waals surface area (Å²) < 4.78 is 4.97. The Kier molecular flexibility index (Phi) is 2.67. The topological polar surface area (TPSA) is 42.4 Å². The summed E-state index contributed by atoms with van der Waals surface area (Å²) in [5.74, 6) is 2.74. The predicted octanol–water partition coefficient (Wildman–Crippen LogP) is 0.757. The van der Waals surface area contributed by atoms with E-state index in [1.807, 2.05) is 0 Å². The van der Waals surface area contributed by atoms with E-state index in [1.165, 1.54) is 13.3 Å². The van der Waals surface area contributed by atoms with Crippen molar-refractivity contribution in [2.45, 2.75) is 6.10 Å². The minimum atomic E-state index is -0.950. The third-order valence-corrected chi connectivity index (χ3v) is 1.48. The predicted molar refractivity (Wildman–Crippen MR) is 44.6 cm³/mol. The summed E-state index contributed by atoms with van der Waals surface area (Å²) >= 11 is 0. The zero-order valence-corrected chi connectivity index (χ0v) is 6.69. The molecule has 3 nitrogen and oxygen atoms in total. The summed E-state index contributed by atoms with van der Waals surface area (Å²) in [4.78, 5) is 3.83. The van der Waals surface area contributed by atoms with Crippen molar-refractivity contribution in [1.29, 1.82) is 0 Å². The van der Waals surface area contributed by atoms with Gasteiger partial charge in [0.25, 0.3) is 0 Å². The molecule has 0 amide bonds. The van der Waals surface area contributed by atoms with Crippen molar-refractivity contribution in [2.24, 2.45) is 0 Å². The third kappa shape index (κ3) is 1.55. The third-order valence-electron chi connectivity index (χ3n) is 1.48. The summed E-state index contributed by atoms with van der Waals surface area (Å²) in [6.45, 7) is 0. The highest BCUT2D eigenvalue weighted by molar-refractivity contribution is 5.35. The van der Waals surface area contributed by atoms with Crippen LogP contribution in [0.25, 0.3) is 0 Å². The molecule has 0 spiro atoms. The van der Waals surface area contributed by atoms with Crippen molar-refractivity contribution < 1.29 is 9.84 Å². The number of nitrogens with zero attached hydrogens (tertiary/aromatic N) is 1. The molecule has 0 aliphatic carbocycles. The van der Waals surface area contributed by atoms with Gasteiger partial charge in [0, 0.05) is 12.4 Å². The highest BCUT2D eigenvalue weighted by Crippen LogP contribution is 2.22. The molecule has 0 aliphatic rings. The second-order valence-corrected chi connectivity index (χ2v) is 2.19. The Balaban J connectivity index is 3.06. The van der Waals surface area contributed by atoms with Crippen LogP contribution in [-0.2, 0) is 0 Å². The first-order valence-corrected chi connectivity index (χ1v) is 3.41. The van der Waals surface area contributed by atoms with Crippen molar-refractivity contribution in [3.8, 4) is 18.1 Å². The summed E-state index contributed by atoms with van der Waals surface area (Å²) in [7, 11) is 1.52. The van der Waals surface area contributed by atoms with E-state index in [1.54, 1.807) is 12.3 Å². The Morgan fingerprint density at radius 2 is 2.50 bits per heavy atom. The van der Waals surface area contributed by atoms with Gasteiger partial charge in [0.05, 0.1) is 12.7 Å². The van der Waals surface area contributed by atoms with E-state index < -0.39 is 6.10 Å². The molecule has 0 fully saturated rings. The standard InChI is InChI=1S/C9H9NO2/c1-3-8(11)7-6-10-5-4-9(7)12-2/h1,4-6,8,11H,2H3. The molecule has 0 aromatic carbocycles. The number of aliphatic hydroxyl groups is 1. The summed E-state index contributed by atoms with van der Waals surface area (Å²) in [5.41, 5.74) is 0.516. The quantitative estimate of drug-likeness (QED) is 0.654. The lowest BCUT2D eigenvalue weighted by atomic mass is 10.1. The first-order chi connectivity index (χ1) is 5.79. The van der Waals surface area contributed by atoms with Crippen LogP contribution < -0.4 is 4.74 Å². The number of terminal acetylenes is 1. The fourth-order valence-corrected chi connectivity index (χ4v) is 0.875. The maximum Gasteiger partial charge on any atom is 0.145 e. The SMILES string of the molecule is C#CC(O)c1cnccc1OC. The van der Waals surface area contributed by atoms with Gasteiger partial charge in [-0.1, -0.05) is 5.92 Å². The van der Waals surface area contributed by atoms with Crippen LogP contribution >= 0.6 is 0 Å². The van der Waals surface area contributed by atoms with E-state index >= 15 is 0 Å². The number of hydrogen-bond acceptors (Lipinski definition) is 3. The average Bonchev–Trinajstić information content (AvgIpc) is 2.16. The Hall–Kier alpha value is -1.53. The first kappa shape index (κ1) is 8.57. The van der Waals surface area contributed by atoms with Crippen molar-refractivity contribution in [2.75, 3.05) is 7.11 Å². The van der Waals surface area contributed by atoms with E-state index in [9.17, 15) is 5.11 Å². The van der Waals surface area contributed by atoms with Gasteiger partial charge < -0.3 is 9.84 Å². The zero-order valence-electron chi connectivity index (χ0n) is 6.69. The van der Waals surface area contributed by atoms with Crippen molar-refractivity contribution >= 4 is 0 Å². The highest BCUT2D eigenvalue weighted by Gasteiger charge is 2.09. The fourth-order valence-electron chi connectivity index (χ4n) is 0.875. The van der Waals surface area contributed by atoms with Crippen molar-refractivity contribution in [3.05, 3.63) is 24.0 Å². The summed E-state index contributed by atoms with van der Waals surface area (Å²) in [6.07, 6.45) is 7.16. The molecular formula is C9H9NO2. The number of aromatic nitrogens is 1. The summed E-state index contributed by atoms with van der Waals surface area (Å²) in [5, 5.41) is 9.29. The molecule has 0 aliphatic heterocycles. The molecule has 12 heavy (non-hydrogen) atoms. The molecule has 62 valence electrons. The van der Waals surface area contributed by atoms with Crippen LogP contribution in [0, 0.1) is 12.3 Å². The minimum Gasteiger partial charge on any atom is -0.496 e. The highest BCUT2D eigenvalue weighted by atomic mass is 16.5. The molecule has 0 radical (unpaired) electrons. The molecule has 3 heteroatoms. The van der Waals surface area contributed by atoms with Crippen LogP contribution in [-0.4, -0.2) is 17.2 Å². The molecular weight excluding hydrogens is 154 g/mol. The van der Waals surface area contributed by atoms with Gasteiger partial charge >= 0.3 is 0 Å². The zero-order chi connectivity index (χ0) is 8.97. The van der Waals surface area contributed by atoms with Gasteiger partial charge in [0.2, 0.25) is 0 Å². The van der Waals surface area contributed by atoms with E-state index in [2.05, 4.69) is 10.9 Å². The Morgan fingerprint density at radius 1 is 1.75 bits per heavy atom. The van der Waals surface area contributed by atoms with Crippen LogP contribution in [0.5, 0.6) is 5.75 Å². The largest absolute Gasteiger partial charge is 0.496 e. The van der Waals surface area contributed by atoms with Crippen molar-refractivity contribution in [1.82, 2.24) is 4.98 Å². The molecule has 1 heterocycles. The van der Waals surface area contributed by atoms with Gasteiger partial charge in [-0.2, -0.15) is 0 Å². The lowest BCUT2D eigenvalue weighted by Crippen LogP contribution is -1.98. The van der Waals surface area contributed by atoms with E-state index in [-0.39, 0.29) is 0 Å². The molecule has 0 saturated heterocycles. The Bertz CT molecular complexity index is 304. The molecule has 1 aromatic rings. The second kappa shape index (κ2) is 3.74. The van der Waals surface area contributed by atoms with Crippen LogP contribution in [0.2, 0.25) is 0 Å². The Morgan fingerprint density at radius 3 is 3.08 bits per heavy atom. The number of methoxy groups -OCH3 is 1. The number of rotatable bonds is 2. The maximum atomic E-state index is 9.29. The summed E-state index contributed by atoms with van der Waals surface area (Å²) in [6, 6.07) is 1.65.